The van der Waals surface area contributed by atoms with Crippen LogP contribution in [-0.2, 0) is 0 Å². The molecule has 0 atom stereocenters. The number of para-hydroxylation sites is 1. The molecular formula is C13H9N3O2S3. The van der Waals surface area contributed by atoms with Crippen LogP contribution in [0.25, 0.3) is 10.9 Å². The van der Waals surface area contributed by atoms with Crippen molar-refractivity contribution in [1.82, 2.24) is 15.2 Å². The average molecular weight is 335 g/mol. The van der Waals surface area contributed by atoms with E-state index in [1.165, 1.54) is 41.1 Å². The number of carboxylic acid groups (broad SMARTS) is 1. The molecule has 106 valence electrons. The fourth-order valence-corrected chi connectivity index (χ4v) is 4.39. The molecule has 0 fully saturated rings. The summed E-state index contributed by atoms with van der Waals surface area (Å²) in [4.78, 5) is 16.3. The molecule has 0 unspecified atom stereocenters. The Balaban J connectivity index is 2.13. The topological polar surface area (TPSA) is 76.0 Å². The van der Waals surface area contributed by atoms with Crippen LogP contribution in [0.3, 0.4) is 0 Å². The first-order valence-electron chi connectivity index (χ1n) is 5.85. The number of carbonyl (C=O) groups is 1. The first-order chi connectivity index (χ1) is 10.2. The second-order valence-electron chi connectivity index (χ2n) is 3.96. The molecule has 0 spiro atoms. The van der Waals surface area contributed by atoms with Crippen LogP contribution >= 0.6 is 34.9 Å². The van der Waals surface area contributed by atoms with Gasteiger partial charge < -0.3 is 5.11 Å². The SMILES string of the molecule is CSc1nnc(Sc2c(C(=O)O)cnc3ccccc23)s1. The van der Waals surface area contributed by atoms with E-state index >= 15 is 0 Å². The van der Waals surface area contributed by atoms with Crippen LogP contribution in [0.15, 0.2) is 44.0 Å². The van der Waals surface area contributed by atoms with Crippen molar-refractivity contribution < 1.29 is 9.90 Å². The average Bonchev–Trinajstić information content (AvgIpc) is 2.95. The molecule has 8 heteroatoms. The van der Waals surface area contributed by atoms with Crippen molar-refractivity contribution in [1.29, 1.82) is 0 Å². The van der Waals surface area contributed by atoms with E-state index in [1.54, 1.807) is 0 Å². The maximum atomic E-state index is 11.4. The maximum absolute atomic E-state index is 11.4. The van der Waals surface area contributed by atoms with Crippen LogP contribution in [0.1, 0.15) is 10.4 Å². The number of nitrogens with zero attached hydrogens (tertiary/aromatic N) is 3. The molecule has 2 heterocycles. The Morgan fingerprint density at radius 2 is 2.00 bits per heavy atom. The van der Waals surface area contributed by atoms with Gasteiger partial charge in [-0.2, -0.15) is 0 Å². The number of rotatable bonds is 4. The second-order valence-corrected chi connectivity index (χ2v) is 7.25. The monoisotopic (exact) mass is 335 g/mol. The van der Waals surface area contributed by atoms with Crippen molar-refractivity contribution in [3.8, 4) is 0 Å². The normalized spacial score (nSPS) is 10.9. The summed E-state index contributed by atoms with van der Waals surface area (Å²) in [5, 5.41) is 18.3. The Kier molecular flexibility index (Phi) is 4.09. The van der Waals surface area contributed by atoms with E-state index in [1.807, 2.05) is 30.5 Å². The molecule has 21 heavy (non-hydrogen) atoms. The van der Waals surface area contributed by atoms with Crippen molar-refractivity contribution >= 4 is 51.7 Å². The first kappa shape index (κ1) is 14.3. The van der Waals surface area contributed by atoms with Gasteiger partial charge in [-0.25, -0.2) is 4.79 Å². The molecule has 3 aromatic rings. The summed E-state index contributed by atoms with van der Waals surface area (Å²) in [7, 11) is 0. The van der Waals surface area contributed by atoms with Crippen LogP contribution in [0.2, 0.25) is 0 Å². The van der Waals surface area contributed by atoms with Gasteiger partial charge in [-0.3, -0.25) is 4.98 Å². The van der Waals surface area contributed by atoms with Crippen LogP contribution in [0, 0.1) is 0 Å². The van der Waals surface area contributed by atoms with Crippen LogP contribution < -0.4 is 0 Å². The number of hydrogen-bond donors (Lipinski definition) is 1. The van der Waals surface area contributed by atoms with Gasteiger partial charge in [0.25, 0.3) is 0 Å². The summed E-state index contributed by atoms with van der Waals surface area (Å²) < 4.78 is 1.57. The molecule has 5 nitrogen and oxygen atoms in total. The molecule has 0 saturated carbocycles. The van der Waals surface area contributed by atoms with E-state index in [2.05, 4.69) is 15.2 Å². The molecule has 0 aliphatic heterocycles. The third-order valence-corrected chi connectivity index (χ3v) is 5.80. The van der Waals surface area contributed by atoms with Gasteiger partial charge in [0.1, 0.15) is 0 Å². The van der Waals surface area contributed by atoms with Crippen LogP contribution in [0.5, 0.6) is 0 Å². The van der Waals surface area contributed by atoms with Gasteiger partial charge in [0.2, 0.25) is 0 Å². The van der Waals surface area contributed by atoms with Gasteiger partial charge in [0.05, 0.1) is 11.1 Å². The first-order valence-corrected chi connectivity index (χ1v) is 8.71. The molecule has 0 saturated heterocycles. The van der Waals surface area contributed by atoms with Crippen molar-refractivity contribution in [3.05, 3.63) is 36.0 Å². The highest BCUT2D eigenvalue weighted by molar-refractivity contribution is 8.03. The van der Waals surface area contributed by atoms with Gasteiger partial charge in [-0.1, -0.05) is 53.1 Å². The smallest absolute Gasteiger partial charge is 0.338 e. The third kappa shape index (κ3) is 2.87. The minimum Gasteiger partial charge on any atom is -0.478 e. The zero-order valence-electron chi connectivity index (χ0n) is 10.8. The fraction of sp³-hybridized carbons (Fsp3) is 0.0769. The Morgan fingerprint density at radius 3 is 2.71 bits per heavy atom. The number of aromatic nitrogens is 3. The van der Waals surface area contributed by atoms with E-state index in [9.17, 15) is 9.90 Å². The molecule has 1 N–H and O–H groups in total. The number of benzene rings is 1. The van der Waals surface area contributed by atoms with Gasteiger partial charge in [-0.05, 0) is 12.3 Å². The Bertz CT molecular complexity index is 819. The van der Waals surface area contributed by atoms with E-state index < -0.39 is 5.97 Å². The molecule has 2 aromatic heterocycles. The van der Waals surface area contributed by atoms with Gasteiger partial charge in [0.15, 0.2) is 8.68 Å². The molecule has 0 bridgehead atoms. The molecule has 0 radical (unpaired) electrons. The summed E-state index contributed by atoms with van der Waals surface area (Å²) in [5.41, 5.74) is 0.944. The highest BCUT2D eigenvalue weighted by Gasteiger charge is 2.17. The maximum Gasteiger partial charge on any atom is 0.338 e. The van der Waals surface area contributed by atoms with Gasteiger partial charge >= 0.3 is 5.97 Å². The minimum atomic E-state index is -0.995. The predicted molar refractivity (Wildman–Crippen MR) is 84.5 cm³/mol. The van der Waals surface area contributed by atoms with E-state index in [4.69, 9.17) is 0 Å². The molecule has 1 aromatic carbocycles. The van der Waals surface area contributed by atoms with Crippen LogP contribution in [-0.4, -0.2) is 32.5 Å². The number of hydrogen-bond acceptors (Lipinski definition) is 7. The van der Waals surface area contributed by atoms with E-state index in [0.29, 0.717) is 4.90 Å². The standard InChI is InChI=1S/C13H9N3O2S3/c1-19-12-15-16-13(21-12)20-10-7-4-2-3-5-9(7)14-6-8(10)11(17)18/h2-6H,1H3,(H,17,18). The van der Waals surface area contributed by atoms with E-state index in [-0.39, 0.29) is 5.56 Å². The number of carboxylic acids is 1. The third-order valence-electron chi connectivity index (χ3n) is 2.71. The summed E-state index contributed by atoms with van der Waals surface area (Å²) in [6, 6.07) is 7.47. The molecular weight excluding hydrogens is 326 g/mol. The van der Waals surface area contributed by atoms with Crippen molar-refractivity contribution in [2.75, 3.05) is 6.26 Å². The van der Waals surface area contributed by atoms with Crippen LogP contribution in [0.4, 0.5) is 0 Å². The lowest BCUT2D eigenvalue weighted by Crippen LogP contribution is -2.00. The Labute approximate surface area is 132 Å². The van der Waals surface area contributed by atoms with E-state index in [0.717, 1.165) is 19.6 Å². The lowest BCUT2D eigenvalue weighted by Gasteiger charge is -2.07. The lowest BCUT2D eigenvalue weighted by molar-refractivity contribution is 0.0693. The molecule has 0 aliphatic carbocycles. The summed E-state index contributed by atoms with van der Waals surface area (Å²) in [5.74, 6) is -0.995. The Hall–Kier alpha value is -1.64. The second kappa shape index (κ2) is 6.00. The summed E-state index contributed by atoms with van der Waals surface area (Å²) in [6.07, 6.45) is 3.32. The largest absolute Gasteiger partial charge is 0.478 e. The van der Waals surface area contributed by atoms with Crippen molar-refractivity contribution in [3.63, 3.8) is 0 Å². The molecule has 0 amide bonds. The minimum absolute atomic E-state index is 0.180. The fourth-order valence-electron chi connectivity index (χ4n) is 1.79. The summed E-state index contributed by atoms with van der Waals surface area (Å²) >= 11 is 4.28. The molecule has 0 aliphatic rings. The highest BCUT2D eigenvalue weighted by Crippen LogP contribution is 2.38. The molecule has 3 rings (SSSR count). The Morgan fingerprint density at radius 1 is 1.24 bits per heavy atom. The lowest BCUT2D eigenvalue weighted by atomic mass is 10.1. The number of thioether (sulfide) groups is 1. The number of fused-ring (bicyclic) bond motifs is 1. The van der Waals surface area contributed by atoms with Gasteiger partial charge in [0, 0.05) is 16.5 Å². The van der Waals surface area contributed by atoms with Crippen molar-refractivity contribution in [2.45, 2.75) is 13.6 Å². The predicted octanol–water partition coefficient (Wildman–Crippen LogP) is 3.66. The summed E-state index contributed by atoms with van der Waals surface area (Å²) in [6.45, 7) is 0. The highest BCUT2D eigenvalue weighted by atomic mass is 32.2. The zero-order valence-corrected chi connectivity index (χ0v) is 13.3. The van der Waals surface area contributed by atoms with Crippen molar-refractivity contribution in [2.24, 2.45) is 0 Å². The number of aromatic carboxylic acids is 1. The quantitative estimate of drug-likeness (QED) is 0.729. The van der Waals surface area contributed by atoms with Gasteiger partial charge in [-0.15, -0.1) is 10.2 Å². The zero-order chi connectivity index (χ0) is 14.8. The number of pyridine rings is 1.